The summed E-state index contributed by atoms with van der Waals surface area (Å²) in [6.07, 6.45) is 0. The molecular formula is C23H29ClN4. The molecule has 0 amide bonds. The summed E-state index contributed by atoms with van der Waals surface area (Å²) in [4.78, 5) is 2.52. The van der Waals surface area contributed by atoms with Crippen LogP contribution < -0.4 is 10.6 Å². The fourth-order valence-electron chi connectivity index (χ4n) is 4.11. The minimum absolute atomic E-state index is 0.798. The lowest BCUT2D eigenvalue weighted by Gasteiger charge is -2.27. The van der Waals surface area contributed by atoms with Crippen LogP contribution in [0.1, 0.15) is 16.8 Å². The third-order valence-electron chi connectivity index (χ3n) is 5.76. The number of halogens is 1. The van der Waals surface area contributed by atoms with Gasteiger partial charge in [0.1, 0.15) is 0 Å². The number of benzene rings is 2. The van der Waals surface area contributed by atoms with Crippen molar-refractivity contribution in [3.8, 4) is 0 Å². The van der Waals surface area contributed by atoms with E-state index in [1.165, 1.54) is 22.2 Å². The van der Waals surface area contributed by atoms with Gasteiger partial charge in [-0.2, -0.15) is 0 Å². The number of rotatable bonds is 7. The Bertz CT molecular complexity index is 927. The quantitative estimate of drug-likeness (QED) is 0.598. The lowest BCUT2D eigenvalue weighted by Crippen LogP contribution is -2.45. The van der Waals surface area contributed by atoms with Crippen molar-refractivity contribution < 1.29 is 0 Å². The van der Waals surface area contributed by atoms with Crippen LogP contribution in [0.25, 0.3) is 10.9 Å². The van der Waals surface area contributed by atoms with E-state index < -0.39 is 0 Å². The number of piperazine rings is 1. The SMILES string of the molecule is Cc1c(CNCCN2CCNCC2)c2ccccc2n1Cc1ccccc1Cl. The van der Waals surface area contributed by atoms with Crippen LogP contribution in [0, 0.1) is 6.92 Å². The van der Waals surface area contributed by atoms with Crippen molar-refractivity contribution in [2.24, 2.45) is 0 Å². The highest BCUT2D eigenvalue weighted by molar-refractivity contribution is 6.31. The van der Waals surface area contributed by atoms with Crippen LogP contribution in [-0.2, 0) is 13.1 Å². The molecule has 0 radical (unpaired) electrons. The highest BCUT2D eigenvalue weighted by Crippen LogP contribution is 2.28. The molecule has 1 aliphatic rings. The highest BCUT2D eigenvalue weighted by atomic mass is 35.5. The first-order valence-electron chi connectivity index (χ1n) is 10.2. The Hall–Kier alpha value is -1.85. The fourth-order valence-corrected chi connectivity index (χ4v) is 4.31. The van der Waals surface area contributed by atoms with Crippen molar-refractivity contribution >= 4 is 22.5 Å². The van der Waals surface area contributed by atoms with E-state index in [9.17, 15) is 0 Å². The molecule has 148 valence electrons. The molecule has 1 aromatic heterocycles. The van der Waals surface area contributed by atoms with E-state index in [0.717, 1.165) is 62.9 Å². The summed E-state index contributed by atoms with van der Waals surface area (Å²) in [6, 6.07) is 16.8. The highest BCUT2D eigenvalue weighted by Gasteiger charge is 2.15. The zero-order valence-corrected chi connectivity index (χ0v) is 17.3. The summed E-state index contributed by atoms with van der Waals surface area (Å²) in [5.41, 5.74) is 5.14. The van der Waals surface area contributed by atoms with Crippen molar-refractivity contribution in [2.75, 3.05) is 39.3 Å². The van der Waals surface area contributed by atoms with Gasteiger partial charge in [-0.25, -0.2) is 0 Å². The van der Waals surface area contributed by atoms with Crippen LogP contribution in [0.5, 0.6) is 0 Å². The van der Waals surface area contributed by atoms with E-state index in [-0.39, 0.29) is 0 Å². The number of fused-ring (bicyclic) bond motifs is 1. The molecule has 0 spiro atoms. The molecule has 0 aliphatic carbocycles. The minimum Gasteiger partial charge on any atom is -0.340 e. The lowest BCUT2D eigenvalue weighted by atomic mass is 10.1. The van der Waals surface area contributed by atoms with Crippen LogP contribution in [0.4, 0.5) is 0 Å². The average molecular weight is 397 g/mol. The zero-order chi connectivity index (χ0) is 19.3. The summed E-state index contributed by atoms with van der Waals surface area (Å²) in [5.74, 6) is 0. The molecule has 0 bridgehead atoms. The predicted molar refractivity (Wildman–Crippen MR) is 118 cm³/mol. The molecule has 0 atom stereocenters. The number of nitrogens with one attached hydrogen (secondary N) is 2. The van der Waals surface area contributed by atoms with Gasteiger partial charge in [-0.1, -0.05) is 48.0 Å². The maximum absolute atomic E-state index is 6.43. The Balaban J connectivity index is 1.50. The van der Waals surface area contributed by atoms with Gasteiger partial charge in [-0.15, -0.1) is 0 Å². The number of aromatic nitrogens is 1. The average Bonchev–Trinajstić information content (AvgIpc) is 2.99. The summed E-state index contributed by atoms with van der Waals surface area (Å²) in [5, 5.41) is 9.24. The predicted octanol–water partition coefficient (Wildman–Crippen LogP) is 3.65. The molecule has 28 heavy (non-hydrogen) atoms. The minimum atomic E-state index is 0.798. The Morgan fingerprint density at radius 2 is 1.79 bits per heavy atom. The summed E-state index contributed by atoms with van der Waals surface area (Å²) in [7, 11) is 0. The van der Waals surface area contributed by atoms with Crippen molar-refractivity contribution in [1.29, 1.82) is 0 Å². The van der Waals surface area contributed by atoms with E-state index in [2.05, 4.69) is 63.4 Å². The molecule has 0 unspecified atom stereocenters. The standard InChI is InChI=1S/C23H29ClN4/c1-18-21(16-26-12-15-27-13-10-25-11-14-27)20-7-3-5-9-23(20)28(18)17-19-6-2-4-8-22(19)24/h2-9,25-26H,10-17H2,1H3. The number of nitrogens with zero attached hydrogens (tertiary/aromatic N) is 2. The first kappa shape index (κ1) is 19.5. The zero-order valence-electron chi connectivity index (χ0n) is 16.5. The van der Waals surface area contributed by atoms with Gasteiger partial charge in [0.25, 0.3) is 0 Å². The van der Waals surface area contributed by atoms with Crippen molar-refractivity contribution in [3.63, 3.8) is 0 Å². The molecule has 1 fully saturated rings. The molecule has 2 N–H and O–H groups in total. The van der Waals surface area contributed by atoms with Crippen LogP contribution in [0.15, 0.2) is 48.5 Å². The monoisotopic (exact) mass is 396 g/mol. The second-order valence-electron chi connectivity index (χ2n) is 7.53. The van der Waals surface area contributed by atoms with Gasteiger partial charge in [0.05, 0.1) is 0 Å². The van der Waals surface area contributed by atoms with E-state index in [1.54, 1.807) is 0 Å². The third-order valence-corrected chi connectivity index (χ3v) is 6.13. The topological polar surface area (TPSA) is 32.2 Å². The second-order valence-corrected chi connectivity index (χ2v) is 7.93. The van der Waals surface area contributed by atoms with Gasteiger partial charge in [-0.3, -0.25) is 4.90 Å². The van der Waals surface area contributed by atoms with Gasteiger partial charge >= 0.3 is 0 Å². The number of hydrogen-bond donors (Lipinski definition) is 2. The molecule has 4 rings (SSSR count). The molecule has 2 aromatic carbocycles. The molecule has 5 heteroatoms. The molecule has 4 nitrogen and oxygen atoms in total. The van der Waals surface area contributed by atoms with Gasteiger partial charge < -0.3 is 15.2 Å². The van der Waals surface area contributed by atoms with Crippen LogP contribution in [-0.4, -0.2) is 48.7 Å². The smallest absolute Gasteiger partial charge is 0.0493 e. The summed E-state index contributed by atoms with van der Waals surface area (Å²) in [6.45, 7) is 10.6. The van der Waals surface area contributed by atoms with Crippen LogP contribution >= 0.6 is 11.6 Å². The molecule has 0 saturated carbocycles. The molecule has 2 heterocycles. The molecule has 3 aromatic rings. The number of para-hydroxylation sites is 1. The van der Waals surface area contributed by atoms with Crippen molar-refractivity contribution in [1.82, 2.24) is 20.1 Å². The van der Waals surface area contributed by atoms with E-state index in [1.807, 2.05) is 12.1 Å². The summed E-state index contributed by atoms with van der Waals surface area (Å²) >= 11 is 6.43. The molecule has 1 saturated heterocycles. The van der Waals surface area contributed by atoms with Gasteiger partial charge in [0, 0.05) is 74.0 Å². The second kappa shape index (κ2) is 9.10. The Kier molecular flexibility index (Phi) is 6.33. The Labute approximate surface area is 172 Å². The fraction of sp³-hybridized carbons (Fsp3) is 0.391. The lowest BCUT2D eigenvalue weighted by molar-refractivity contribution is 0.241. The van der Waals surface area contributed by atoms with Crippen molar-refractivity contribution in [3.05, 3.63) is 70.4 Å². The van der Waals surface area contributed by atoms with Gasteiger partial charge in [0.2, 0.25) is 0 Å². The van der Waals surface area contributed by atoms with E-state index >= 15 is 0 Å². The normalized spacial score (nSPS) is 15.4. The molecular weight excluding hydrogens is 368 g/mol. The molecule has 1 aliphatic heterocycles. The first-order chi connectivity index (χ1) is 13.7. The van der Waals surface area contributed by atoms with E-state index in [0.29, 0.717) is 0 Å². The third kappa shape index (κ3) is 4.26. The van der Waals surface area contributed by atoms with Crippen molar-refractivity contribution in [2.45, 2.75) is 20.0 Å². The van der Waals surface area contributed by atoms with E-state index in [4.69, 9.17) is 11.6 Å². The number of hydrogen-bond acceptors (Lipinski definition) is 3. The van der Waals surface area contributed by atoms with Crippen LogP contribution in [0.3, 0.4) is 0 Å². The first-order valence-corrected chi connectivity index (χ1v) is 10.6. The largest absolute Gasteiger partial charge is 0.340 e. The van der Waals surface area contributed by atoms with Crippen LogP contribution in [0.2, 0.25) is 5.02 Å². The maximum atomic E-state index is 6.43. The summed E-state index contributed by atoms with van der Waals surface area (Å²) < 4.78 is 2.39. The maximum Gasteiger partial charge on any atom is 0.0493 e. The van der Waals surface area contributed by atoms with Gasteiger partial charge in [0.15, 0.2) is 0 Å². The Morgan fingerprint density at radius 3 is 2.61 bits per heavy atom. The Morgan fingerprint density at radius 1 is 1.04 bits per heavy atom. The van der Waals surface area contributed by atoms with Gasteiger partial charge in [-0.05, 0) is 30.2 Å².